The van der Waals surface area contributed by atoms with E-state index in [1.54, 1.807) is 24.3 Å². The lowest BCUT2D eigenvalue weighted by molar-refractivity contribution is -0.186. The summed E-state index contributed by atoms with van der Waals surface area (Å²) in [4.78, 5) is 12.0. The number of anilines is 1. The van der Waals surface area contributed by atoms with Gasteiger partial charge in [-0.2, -0.15) is 13.2 Å². The highest BCUT2D eigenvalue weighted by Gasteiger charge is 2.43. The topological polar surface area (TPSA) is 55.1 Å². The molecule has 2 atom stereocenters. The van der Waals surface area contributed by atoms with Gasteiger partial charge in [0.2, 0.25) is 5.91 Å². The molecule has 3 nitrogen and oxygen atoms in total. The number of benzene rings is 1. The second-order valence-electron chi connectivity index (χ2n) is 5.52. The summed E-state index contributed by atoms with van der Waals surface area (Å²) in [5.74, 6) is -2.23. The fraction of sp³-hybridized carbons (Fsp3) is 0.533. The van der Waals surface area contributed by atoms with Gasteiger partial charge in [-0.05, 0) is 30.9 Å². The Labute approximate surface area is 121 Å². The molecule has 3 N–H and O–H groups in total. The van der Waals surface area contributed by atoms with Crippen LogP contribution in [-0.2, 0) is 11.3 Å². The van der Waals surface area contributed by atoms with Crippen LogP contribution < -0.4 is 11.1 Å². The Hall–Kier alpha value is -1.72. The maximum absolute atomic E-state index is 12.7. The Kier molecular flexibility index (Phi) is 4.75. The van der Waals surface area contributed by atoms with Crippen LogP contribution in [0.4, 0.5) is 18.9 Å². The highest BCUT2D eigenvalue weighted by atomic mass is 19.4. The van der Waals surface area contributed by atoms with Crippen molar-refractivity contribution in [1.29, 1.82) is 0 Å². The van der Waals surface area contributed by atoms with Gasteiger partial charge in [0.1, 0.15) is 0 Å². The van der Waals surface area contributed by atoms with Gasteiger partial charge in [-0.3, -0.25) is 4.79 Å². The van der Waals surface area contributed by atoms with Gasteiger partial charge in [-0.15, -0.1) is 0 Å². The zero-order chi connectivity index (χ0) is 15.5. The van der Waals surface area contributed by atoms with Crippen molar-refractivity contribution in [2.75, 3.05) is 5.73 Å². The van der Waals surface area contributed by atoms with Gasteiger partial charge in [0.25, 0.3) is 0 Å². The molecule has 0 radical (unpaired) electrons. The summed E-state index contributed by atoms with van der Waals surface area (Å²) in [6, 6.07) is 7.10. The van der Waals surface area contributed by atoms with Crippen molar-refractivity contribution in [3.05, 3.63) is 29.8 Å². The molecule has 6 heteroatoms. The van der Waals surface area contributed by atoms with Crippen molar-refractivity contribution >= 4 is 11.6 Å². The summed E-state index contributed by atoms with van der Waals surface area (Å²) in [5.41, 5.74) is 7.10. The molecule has 1 amide bonds. The molecule has 21 heavy (non-hydrogen) atoms. The van der Waals surface area contributed by atoms with Gasteiger partial charge in [0.15, 0.2) is 0 Å². The summed E-state index contributed by atoms with van der Waals surface area (Å²) in [6.45, 7) is 0.249. The van der Waals surface area contributed by atoms with Crippen molar-refractivity contribution in [1.82, 2.24) is 5.32 Å². The van der Waals surface area contributed by atoms with Crippen molar-refractivity contribution in [2.45, 2.75) is 38.4 Å². The standard InChI is InChI=1S/C15H19F3N2O/c16-15(17,18)12-6-3-5-10(8-12)14(21)20-9-11-4-1-2-7-13(11)19/h1-2,4,7,10,12H,3,5-6,8-9,19H2,(H,20,21). The van der Waals surface area contributed by atoms with E-state index >= 15 is 0 Å². The maximum Gasteiger partial charge on any atom is 0.391 e. The van der Waals surface area contributed by atoms with E-state index in [4.69, 9.17) is 5.73 Å². The Morgan fingerprint density at radius 3 is 2.67 bits per heavy atom. The van der Waals surface area contributed by atoms with Crippen molar-refractivity contribution in [3.8, 4) is 0 Å². The van der Waals surface area contributed by atoms with Gasteiger partial charge in [-0.1, -0.05) is 24.6 Å². The summed E-state index contributed by atoms with van der Waals surface area (Å²) < 4.78 is 38.2. The third-order valence-corrected chi connectivity index (χ3v) is 4.02. The Balaban J connectivity index is 1.90. The number of halogens is 3. The average Bonchev–Trinajstić information content (AvgIpc) is 2.45. The first-order chi connectivity index (χ1) is 9.88. The largest absolute Gasteiger partial charge is 0.398 e. The van der Waals surface area contributed by atoms with Crippen molar-refractivity contribution < 1.29 is 18.0 Å². The molecule has 2 rings (SSSR count). The predicted octanol–water partition coefficient (Wildman–Crippen LogP) is 3.25. The fourth-order valence-corrected chi connectivity index (χ4v) is 2.75. The Morgan fingerprint density at radius 2 is 2.00 bits per heavy atom. The minimum Gasteiger partial charge on any atom is -0.398 e. The number of rotatable bonds is 3. The Morgan fingerprint density at radius 1 is 1.29 bits per heavy atom. The lowest BCUT2D eigenvalue weighted by atomic mass is 9.80. The zero-order valence-corrected chi connectivity index (χ0v) is 11.6. The fourth-order valence-electron chi connectivity index (χ4n) is 2.75. The van der Waals surface area contributed by atoms with E-state index < -0.39 is 18.0 Å². The molecule has 1 aromatic carbocycles. The average molecular weight is 300 g/mol. The first-order valence-corrected chi connectivity index (χ1v) is 7.05. The van der Waals surface area contributed by atoms with E-state index in [2.05, 4.69) is 5.32 Å². The SMILES string of the molecule is Nc1ccccc1CNC(=O)C1CCCC(C(F)(F)F)C1. The number of nitrogen functional groups attached to an aromatic ring is 1. The van der Waals surface area contributed by atoms with Crippen LogP contribution in [0.5, 0.6) is 0 Å². The molecule has 0 bridgehead atoms. The summed E-state index contributed by atoms with van der Waals surface area (Å²) in [5, 5.41) is 2.70. The smallest absolute Gasteiger partial charge is 0.391 e. The molecule has 1 saturated carbocycles. The molecule has 0 spiro atoms. The summed E-state index contributed by atoms with van der Waals surface area (Å²) in [7, 11) is 0. The molecule has 1 aliphatic rings. The van der Waals surface area contributed by atoms with Crippen LogP contribution in [0.3, 0.4) is 0 Å². The molecule has 2 unspecified atom stereocenters. The molecular weight excluding hydrogens is 281 g/mol. The molecule has 0 aliphatic heterocycles. The summed E-state index contributed by atoms with van der Waals surface area (Å²) >= 11 is 0. The normalized spacial score (nSPS) is 22.8. The Bertz CT molecular complexity index is 502. The molecule has 1 aliphatic carbocycles. The van der Waals surface area contributed by atoms with Gasteiger partial charge >= 0.3 is 6.18 Å². The van der Waals surface area contributed by atoms with Crippen LogP contribution in [0.1, 0.15) is 31.2 Å². The van der Waals surface area contributed by atoms with Crippen LogP contribution in [0.15, 0.2) is 24.3 Å². The molecule has 1 aromatic rings. The minimum atomic E-state index is -4.21. The van der Waals surface area contributed by atoms with E-state index in [-0.39, 0.29) is 25.3 Å². The number of amides is 1. The molecule has 0 aromatic heterocycles. The van der Waals surface area contributed by atoms with E-state index in [1.165, 1.54) is 0 Å². The monoisotopic (exact) mass is 300 g/mol. The zero-order valence-electron chi connectivity index (χ0n) is 11.6. The summed E-state index contributed by atoms with van der Waals surface area (Å²) in [6.07, 6.45) is -3.24. The molecule has 0 saturated heterocycles. The molecule has 0 heterocycles. The van der Waals surface area contributed by atoms with E-state index in [0.717, 1.165) is 5.56 Å². The number of carbonyl (C=O) groups is 1. The second-order valence-corrected chi connectivity index (χ2v) is 5.52. The lowest BCUT2D eigenvalue weighted by Gasteiger charge is -2.29. The van der Waals surface area contributed by atoms with Gasteiger partial charge < -0.3 is 11.1 Å². The van der Waals surface area contributed by atoms with Crippen LogP contribution in [-0.4, -0.2) is 12.1 Å². The van der Waals surface area contributed by atoms with Gasteiger partial charge in [-0.25, -0.2) is 0 Å². The molecule has 1 fully saturated rings. The minimum absolute atomic E-state index is 0.112. The third-order valence-electron chi connectivity index (χ3n) is 4.02. The highest BCUT2D eigenvalue weighted by Crippen LogP contribution is 2.39. The van der Waals surface area contributed by atoms with Crippen LogP contribution in [0.2, 0.25) is 0 Å². The van der Waals surface area contributed by atoms with Gasteiger partial charge in [0.05, 0.1) is 5.92 Å². The maximum atomic E-state index is 12.7. The van der Waals surface area contributed by atoms with Crippen LogP contribution in [0, 0.1) is 11.8 Å². The predicted molar refractivity (Wildman–Crippen MR) is 74.2 cm³/mol. The van der Waals surface area contributed by atoms with Crippen molar-refractivity contribution in [3.63, 3.8) is 0 Å². The number of nitrogens with two attached hydrogens (primary N) is 1. The number of para-hydroxylation sites is 1. The number of alkyl halides is 3. The second kappa shape index (κ2) is 6.37. The van der Waals surface area contributed by atoms with Crippen LogP contribution in [0.25, 0.3) is 0 Å². The van der Waals surface area contributed by atoms with Crippen molar-refractivity contribution in [2.24, 2.45) is 11.8 Å². The molecule has 116 valence electrons. The third kappa shape index (κ3) is 4.12. The number of hydrogen-bond acceptors (Lipinski definition) is 2. The number of nitrogens with one attached hydrogen (secondary N) is 1. The van der Waals surface area contributed by atoms with E-state index in [1.807, 2.05) is 0 Å². The van der Waals surface area contributed by atoms with E-state index in [0.29, 0.717) is 18.5 Å². The molecular formula is C15H19F3N2O. The highest BCUT2D eigenvalue weighted by molar-refractivity contribution is 5.78. The van der Waals surface area contributed by atoms with E-state index in [9.17, 15) is 18.0 Å². The lowest BCUT2D eigenvalue weighted by Crippen LogP contribution is -2.37. The quantitative estimate of drug-likeness (QED) is 0.842. The van der Waals surface area contributed by atoms with Gasteiger partial charge in [0, 0.05) is 18.2 Å². The first-order valence-electron chi connectivity index (χ1n) is 7.05. The number of carbonyl (C=O) groups excluding carboxylic acids is 1. The van der Waals surface area contributed by atoms with Crippen LogP contribution >= 0.6 is 0 Å². The first kappa shape index (κ1) is 15.7. The number of hydrogen-bond donors (Lipinski definition) is 2.